The van der Waals surface area contributed by atoms with E-state index in [0.29, 0.717) is 0 Å². The molecule has 0 fully saturated rings. The van der Waals surface area contributed by atoms with Crippen LogP contribution in [0.25, 0.3) is 0 Å². The maximum atomic E-state index is 8.52. The van der Waals surface area contributed by atoms with Crippen LogP contribution in [-0.2, 0) is 10.4 Å². The first-order chi connectivity index (χ1) is 3.73. The molecule has 0 saturated carbocycles. The fraction of sp³-hybridized carbons (Fsp3) is 0. The molecule has 0 unspecified atom stereocenters. The van der Waals surface area contributed by atoms with Crippen molar-refractivity contribution in [2.24, 2.45) is 0 Å². The summed E-state index contributed by atoms with van der Waals surface area (Å²) in [7, 11) is -5.17. The molecule has 7 nitrogen and oxygen atoms in total. The van der Waals surface area contributed by atoms with Crippen LogP contribution in [-0.4, -0.2) is 51.0 Å². The Morgan fingerprint density at radius 3 is 1.10 bits per heavy atom. The van der Waals surface area contributed by atoms with E-state index >= 15 is 0 Å². The summed E-state index contributed by atoms with van der Waals surface area (Å²) in [6.07, 6.45) is -2.33. The third-order valence-electron chi connectivity index (χ3n) is 0. The zero-order valence-corrected chi connectivity index (χ0v) is 8.97. The number of hydrogen-bond donors (Lipinski definition) is 0. The van der Waals surface area contributed by atoms with Gasteiger partial charge in [-0.05, 0) is 6.16 Å². The van der Waals surface area contributed by atoms with E-state index in [4.69, 9.17) is 32.5 Å². The fourth-order valence-corrected chi connectivity index (χ4v) is 0. The van der Waals surface area contributed by atoms with Crippen LogP contribution in [0.5, 0.6) is 0 Å². The summed E-state index contributed by atoms with van der Waals surface area (Å²) in [6.45, 7) is 0. The van der Waals surface area contributed by atoms with E-state index in [2.05, 4.69) is 0 Å². The molecule has 10 heavy (non-hydrogen) atoms. The van der Waals surface area contributed by atoms with E-state index < -0.39 is 16.6 Å². The smallest absolute Gasteiger partial charge is 0.0311 e. The normalized spacial score (nSPS) is 8.20. The van der Waals surface area contributed by atoms with Crippen LogP contribution in [0.15, 0.2) is 0 Å². The molecule has 60 valence electrons. The SMILES string of the molecule is O=C([O-])[O-].O=S(=O)([O-])[O-].[Pb]. The second-order valence-electron chi connectivity index (χ2n) is 0.658. The molecule has 0 aromatic rings. The summed E-state index contributed by atoms with van der Waals surface area (Å²) in [5, 5.41) is 16.7. The Bertz CT molecular complexity index is 156. The van der Waals surface area contributed by atoms with Gasteiger partial charge in [0.2, 0.25) is 0 Å². The van der Waals surface area contributed by atoms with E-state index in [1.165, 1.54) is 0 Å². The van der Waals surface area contributed by atoms with Crippen LogP contribution in [0.2, 0.25) is 0 Å². The van der Waals surface area contributed by atoms with Gasteiger partial charge in [0.05, 0.1) is 0 Å². The van der Waals surface area contributed by atoms with Crippen molar-refractivity contribution in [3.05, 3.63) is 0 Å². The van der Waals surface area contributed by atoms with Crippen molar-refractivity contribution in [3.8, 4) is 0 Å². The number of carbonyl (C=O) groups excluding carboxylic acids is 1. The molecule has 9 heteroatoms. The van der Waals surface area contributed by atoms with Gasteiger partial charge < -0.3 is 24.1 Å². The van der Waals surface area contributed by atoms with Gasteiger partial charge in [-0.1, -0.05) is 0 Å². The second kappa shape index (κ2) is 7.17. The molecule has 0 heterocycles. The molecule has 0 atom stereocenters. The van der Waals surface area contributed by atoms with Crippen LogP contribution in [0, 0.1) is 0 Å². The predicted octanol–water partition coefficient (Wildman–Crippen LogP) is -4.17. The van der Waals surface area contributed by atoms with Crippen molar-refractivity contribution >= 4 is 43.9 Å². The van der Waals surface area contributed by atoms with Gasteiger partial charge in [-0.15, -0.1) is 0 Å². The Kier molecular flexibility index (Phi) is 11.9. The van der Waals surface area contributed by atoms with E-state index in [1.54, 1.807) is 0 Å². The molecule has 4 radical (unpaired) electrons. The summed E-state index contributed by atoms with van der Waals surface area (Å²) in [6, 6.07) is 0. The van der Waals surface area contributed by atoms with Crippen LogP contribution in [0.1, 0.15) is 0 Å². The van der Waals surface area contributed by atoms with Crippen LogP contribution in [0.4, 0.5) is 4.79 Å². The van der Waals surface area contributed by atoms with E-state index in [9.17, 15) is 0 Å². The monoisotopic (exact) mass is 364 g/mol. The van der Waals surface area contributed by atoms with Crippen molar-refractivity contribution in [2.75, 3.05) is 0 Å². The van der Waals surface area contributed by atoms with Crippen molar-refractivity contribution in [1.29, 1.82) is 0 Å². The standard InChI is InChI=1S/CH2O3.H2O4S.Pb/c2-1(3)4;1-5(2,3)4;/h(H2,2,3,4);(H2,1,2,3,4);/p-4. The summed E-state index contributed by atoms with van der Waals surface area (Å²) in [5.41, 5.74) is 0. The third kappa shape index (κ3) is 104000. The van der Waals surface area contributed by atoms with E-state index in [-0.39, 0.29) is 27.3 Å². The molecule has 0 aromatic carbocycles. The summed E-state index contributed by atoms with van der Waals surface area (Å²) in [4.78, 5) is 8.33. The average molecular weight is 363 g/mol. The van der Waals surface area contributed by atoms with Gasteiger partial charge in [-0.3, -0.25) is 8.42 Å². The molecular formula is CO7PbS-4. The van der Waals surface area contributed by atoms with E-state index in [0.717, 1.165) is 0 Å². The Morgan fingerprint density at radius 1 is 1.10 bits per heavy atom. The Balaban J connectivity index is -0.0000000910. The largest absolute Gasteiger partial charge is 0.759 e. The first kappa shape index (κ1) is 16.6. The quantitative estimate of drug-likeness (QED) is 0.241. The molecule has 0 aliphatic heterocycles. The Morgan fingerprint density at radius 2 is 1.10 bits per heavy atom. The summed E-state index contributed by atoms with van der Waals surface area (Å²) < 4.78 is 34.1. The van der Waals surface area contributed by atoms with Crippen LogP contribution >= 0.6 is 0 Å². The van der Waals surface area contributed by atoms with Gasteiger partial charge in [0.15, 0.2) is 0 Å². The molecular weight excluding hydrogens is 363 g/mol. The molecule has 0 aromatic heterocycles. The molecule has 0 spiro atoms. The topological polar surface area (TPSA) is 143 Å². The minimum Gasteiger partial charge on any atom is -0.759 e. The summed E-state index contributed by atoms with van der Waals surface area (Å²) >= 11 is 0. The molecule has 0 bridgehead atoms. The van der Waals surface area contributed by atoms with Crippen LogP contribution in [0.3, 0.4) is 0 Å². The molecule has 0 aliphatic rings. The van der Waals surface area contributed by atoms with Crippen molar-refractivity contribution in [3.63, 3.8) is 0 Å². The second-order valence-corrected chi connectivity index (χ2v) is 1.47. The number of carbonyl (C=O) groups is 1. The molecule has 0 aliphatic carbocycles. The molecule has 0 saturated heterocycles. The van der Waals surface area contributed by atoms with Gasteiger partial charge in [0.25, 0.3) is 0 Å². The van der Waals surface area contributed by atoms with E-state index in [1.807, 2.05) is 0 Å². The zero-order valence-electron chi connectivity index (χ0n) is 4.27. The minimum absolute atomic E-state index is 0. The first-order valence-electron chi connectivity index (χ1n) is 1.28. The number of rotatable bonds is 0. The molecule has 0 rings (SSSR count). The van der Waals surface area contributed by atoms with Gasteiger partial charge >= 0.3 is 0 Å². The first-order valence-corrected chi connectivity index (χ1v) is 2.61. The Labute approximate surface area is 76.4 Å². The molecule has 0 N–H and O–H groups in total. The maximum absolute atomic E-state index is 8.52. The van der Waals surface area contributed by atoms with Crippen molar-refractivity contribution in [2.45, 2.75) is 0 Å². The van der Waals surface area contributed by atoms with Gasteiger partial charge in [0.1, 0.15) is 0 Å². The number of hydrogen-bond acceptors (Lipinski definition) is 7. The molecule has 0 amide bonds. The average Bonchev–Trinajstić information content (AvgIpc) is 1.19. The van der Waals surface area contributed by atoms with Gasteiger partial charge in [-0.2, -0.15) is 0 Å². The maximum Gasteiger partial charge on any atom is 0.0311 e. The third-order valence-corrected chi connectivity index (χ3v) is 0. The summed E-state index contributed by atoms with van der Waals surface area (Å²) in [5.74, 6) is 0. The Hall–Kier alpha value is 0.0621. The number of carboxylic acid groups (broad SMARTS) is 2. The van der Waals surface area contributed by atoms with Crippen molar-refractivity contribution in [1.82, 2.24) is 0 Å². The van der Waals surface area contributed by atoms with Crippen LogP contribution < -0.4 is 10.2 Å². The zero-order chi connectivity index (χ0) is 8.08. The van der Waals surface area contributed by atoms with Gasteiger partial charge in [-0.25, -0.2) is 0 Å². The van der Waals surface area contributed by atoms with Crippen molar-refractivity contribution < 1.29 is 32.5 Å². The predicted molar refractivity (Wildman–Crippen MR) is 21.6 cm³/mol. The minimum atomic E-state index is -5.17. The van der Waals surface area contributed by atoms with Gasteiger partial charge in [0, 0.05) is 37.7 Å². The fourth-order valence-electron chi connectivity index (χ4n) is 0.